The molecule has 1 unspecified atom stereocenters. The van der Waals surface area contributed by atoms with Gasteiger partial charge in [0.15, 0.2) is 0 Å². The van der Waals surface area contributed by atoms with E-state index < -0.39 is 29.9 Å². The van der Waals surface area contributed by atoms with E-state index in [1.165, 1.54) is 7.11 Å². The number of pyridine rings is 2. The second-order valence-corrected chi connectivity index (χ2v) is 17.6. The molecule has 16 heteroatoms. The van der Waals surface area contributed by atoms with Gasteiger partial charge in [-0.2, -0.15) is 0 Å². The number of carbonyl (C=O) groups excluding carboxylic acids is 4. The van der Waals surface area contributed by atoms with E-state index in [4.69, 9.17) is 24.4 Å². The molecule has 2 fully saturated rings. The van der Waals surface area contributed by atoms with Crippen LogP contribution in [0.15, 0.2) is 91.5 Å². The monoisotopic (exact) mass is 866 g/mol. The fourth-order valence-corrected chi connectivity index (χ4v) is 8.48. The Morgan fingerprint density at radius 1 is 0.750 bits per heavy atom. The molecule has 6 heterocycles. The molecule has 2 aliphatic heterocycles. The van der Waals surface area contributed by atoms with Crippen LogP contribution in [0.1, 0.15) is 95.6 Å². The van der Waals surface area contributed by atoms with Crippen molar-refractivity contribution in [3.05, 3.63) is 109 Å². The Morgan fingerprint density at radius 3 is 2.14 bits per heavy atom. The fraction of sp³-hybridized carbons (Fsp3) is 0.375. The van der Waals surface area contributed by atoms with Gasteiger partial charge in [-0.15, -0.1) is 0 Å². The number of imidazole rings is 2. The van der Waals surface area contributed by atoms with Gasteiger partial charge in [0.05, 0.1) is 48.0 Å². The summed E-state index contributed by atoms with van der Waals surface area (Å²) in [5.41, 5.74) is 5.62. The number of nitrogens with zero attached hydrogens (tertiary/aromatic N) is 6. The lowest BCUT2D eigenvalue weighted by molar-refractivity contribution is -0.136. The molecule has 4 amide bonds. The minimum absolute atomic E-state index is 0.121. The normalized spacial score (nSPS) is 17.4. The Hall–Kier alpha value is -7.10. The van der Waals surface area contributed by atoms with E-state index in [1.807, 2.05) is 86.8 Å². The zero-order valence-corrected chi connectivity index (χ0v) is 36.9. The molecule has 8 rings (SSSR count). The fourth-order valence-electron chi connectivity index (χ4n) is 8.48. The number of H-pyrrole nitrogens is 2. The number of hydrogen-bond donors (Lipinski definition) is 4. The zero-order valence-electron chi connectivity index (χ0n) is 36.9. The SMILES string of the molecule is COC(=O)N[C@H](C(=O)N1CCC[C@H]1c1ncc(-c2ccc(-c3ccc4cc(-c5c[nH]c(C6CCCN6C(=O)[C@H](NC(=O)OC(C)(C)C)c6ccccc6)n5)cnc4c3)nc2)[nH]1)C(C)C. The molecule has 4 aromatic heterocycles. The molecule has 16 nitrogen and oxygen atoms in total. The third kappa shape index (κ3) is 9.45. The lowest BCUT2D eigenvalue weighted by atomic mass is 10.0. The highest BCUT2D eigenvalue weighted by Gasteiger charge is 2.39. The Kier molecular flexibility index (Phi) is 12.5. The smallest absolute Gasteiger partial charge is 0.408 e. The molecule has 2 aliphatic rings. The van der Waals surface area contributed by atoms with Crippen LogP contribution in [0.2, 0.25) is 0 Å². The number of alkyl carbamates (subject to hydrolysis) is 2. The first-order valence-corrected chi connectivity index (χ1v) is 21.7. The number of benzene rings is 2. The van der Waals surface area contributed by atoms with E-state index in [-0.39, 0.29) is 29.8 Å². The molecule has 6 aromatic rings. The quantitative estimate of drug-likeness (QED) is 0.0988. The van der Waals surface area contributed by atoms with E-state index in [2.05, 4.69) is 25.6 Å². The number of nitrogens with one attached hydrogen (secondary N) is 4. The molecule has 64 heavy (non-hydrogen) atoms. The van der Waals surface area contributed by atoms with Gasteiger partial charge in [0.1, 0.15) is 29.3 Å². The van der Waals surface area contributed by atoms with Crippen molar-refractivity contribution in [1.82, 2.24) is 50.3 Å². The molecule has 332 valence electrons. The van der Waals surface area contributed by atoms with Crippen molar-refractivity contribution in [1.29, 1.82) is 0 Å². The Balaban J connectivity index is 0.941. The van der Waals surface area contributed by atoms with Gasteiger partial charge in [0.25, 0.3) is 5.91 Å². The number of likely N-dealkylation sites (tertiary alicyclic amines) is 2. The molecule has 0 radical (unpaired) electrons. The summed E-state index contributed by atoms with van der Waals surface area (Å²) in [4.78, 5) is 82.1. The summed E-state index contributed by atoms with van der Waals surface area (Å²) in [6.45, 7) is 10.2. The molecule has 0 aliphatic carbocycles. The Bertz CT molecular complexity index is 2640. The topological polar surface area (TPSA) is 200 Å². The van der Waals surface area contributed by atoms with Gasteiger partial charge < -0.3 is 39.9 Å². The minimum Gasteiger partial charge on any atom is -0.453 e. The first kappa shape index (κ1) is 43.5. The number of aromatic amines is 2. The number of fused-ring (bicyclic) bond motifs is 1. The number of methoxy groups -OCH3 is 1. The summed E-state index contributed by atoms with van der Waals surface area (Å²) in [6, 6.07) is 19.1. The highest BCUT2D eigenvalue weighted by molar-refractivity contribution is 5.89. The van der Waals surface area contributed by atoms with Gasteiger partial charge in [0.2, 0.25) is 5.91 Å². The van der Waals surface area contributed by atoms with Crippen LogP contribution in [0, 0.1) is 5.92 Å². The van der Waals surface area contributed by atoms with Crippen LogP contribution in [-0.4, -0.2) is 95.5 Å². The van der Waals surface area contributed by atoms with Crippen LogP contribution in [0.3, 0.4) is 0 Å². The van der Waals surface area contributed by atoms with Crippen LogP contribution in [-0.2, 0) is 19.1 Å². The van der Waals surface area contributed by atoms with Crippen molar-refractivity contribution >= 4 is 34.9 Å². The number of hydrogen-bond acceptors (Lipinski definition) is 10. The molecule has 2 aromatic carbocycles. The summed E-state index contributed by atoms with van der Waals surface area (Å²) in [5, 5.41) is 6.44. The van der Waals surface area contributed by atoms with Gasteiger partial charge in [-0.1, -0.05) is 56.3 Å². The molecule has 4 atom stereocenters. The van der Waals surface area contributed by atoms with E-state index in [9.17, 15) is 19.2 Å². The molecule has 0 spiro atoms. The van der Waals surface area contributed by atoms with Gasteiger partial charge in [-0.05, 0) is 82.2 Å². The van der Waals surface area contributed by atoms with E-state index >= 15 is 0 Å². The predicted molar refractivity (Wildman–Crippen MR) is 240 cm³/mol. The molecular formula is C48H54N10O6. The molecule has 4 N–H and O–H groups in total. The van der Waals surface area contributed by atoms with Gasteiger partial charge in [0, 0.05) is 53.8 Å². The van der Waals surface area contributed by atoms with E-state index in [1.54, 1.807) is 49.2 Å². The van der Waals surface area contributed by atoms with E-state index in [0.29, 0.717) is 36.0 Å². The Labute approximate surface area is 371 Å². The van der Waals surface area contributed by atoms with Crippen LogP contribution in [0.25, 0.3) is 44.7 Å². The maximum Gasteiger partial charge on any atom is 0.408 e. The highest BCUT2D eigenvalue weighted by atomic mass is 16.6. The maximum atomic E-state index is 14.2. The number of aromatic nitrogens is 6. The average molecular weight is 867 g/mol. The predicted octanol–water partition coefficient (Wildman–Crippen LogP) is 8.05. The van der Waals surface area contributed by atoms with Crippen molar-refractivity contribution in [2.75, 3.05) is 20.2 Å². The molecule has 2 saturated heterocycles. The summed E-state index contributed by atoms with van der Waals surface area (Å²) in [5.74, 6) is 0.851. The first-order valence-electron chi connectivity index (χ1n) is 21.7. The summed E-state index contributed by atoms with van der Waals surface area (Å²) < 4.78 is 10.3. The van der Waals surface area contributed by atoms with Crippen molar-refractivity contribution in [3.63, 3.8) is 0 Å². The van der Waals surface area contributed by atoms with Crippen molar-refractivity contribution < 1.29 is 28.7 Å². The second-order valence-electron chi connectivity index (χ2n) is 17.6. The van der Waals surface area contributed by atoms with Gasteiger partial charge >= 0.3 is 12.2 Å². The maximum absolute atomic E-state index is 14.2. The van der Waals surface area contributed by atoms with E-state index in [0.717, 1.165) is 64.7 Å². The van der Waals surface area contributed by atoms with Gasteiger partial charge in [-0.3, -0.25) is 19.6 Å². The molecule has 0 bridgehead atoms. The zero-order chi connectivity index (χ0) is 45.1. The molecule has 0 saturated carbocycles. The van der Waals surface area contributed by atoms with Crippen molar-refractivity contribution in [3.8, 4) is 33.8 Å². The second kappa shape index (κ2) is 18.3. The van der Waals surface area contributed by atoms with Crippen LogP contribution < -0.4 is 10.6 Å². The van der Waals surface area contributed by atoms with Crippen LogP contribution in [0.5, 0.6) is 0 Å². The van der Waals surface area contributed by atoms with Crippen LogP contribution >= 0.6 is 0 Å². The number of rotatable bonds is 11. The number of amides is 4. The third-order valence-corrected chi connectivity index (χ3v) is 11.7. The van der Waals surface area contributed by atoms with Gasteiger partial charge in [-0.25, -0.2) is 19.6 Å². The summed E-state index contributed by atoms with van der Waals surface area (Å²) in [7, 11) is 1.28. The standard InChI is InChI=1S/C48H54N10O6/c1-28(2)40(55-46(61)63-6)44(59)57-20-10-14-38(57)42-51-26-36(53-42)32-18-19-34(49-24-32)31-17-16-30-22-33(25-50-35(30)23-31)37-27-52-43(54-37)39-15-11-21-58(39)45(60)41(29-12-8-7-9-13-29)56-47(62)64-48(3,4)5/h7-9,12-13,16-19,22-28,38-41H,10-11,14-15,20-21H2,1-6H3,(H,51,53)(H,52,54)(H,55,61)(H,56,62)/t38-,39?,40-,41+/m0/s1. The lowest BCUT2D eigenvalue weighted by Crippen LogP contribution is -2.51. The van der Waals surface area contributed by atoms with Crippen molar-refractivity contribution in [2.24, 2.45) is 5.92 Å². The minimum atomic E-state index is -0.921. The summed E-state index contributed by atoms with van der Waals surface area (Å²) >= 11 is 0. The third-order valence-electron chi connectivity index (χ3n) is 11.7. The first-order chi connectivity index (χ1) is 30.8. The summed E-state index contributed by atoms with van der Waals surface area (Å²) in [6.07, 6.45) is 9.01. The van der Waals surface area contributed by atoms with Crippen molar-refractivity contribution in [2.45, 2.75) is 90.1 Å². The Morgan fingerprint density at radius 2 is 1.45 bits per heavy atom. The number of ether oxygens (including phenoxy) is 2. The average Bonchev–Trinajstić information content (AvgIpc) is 4.13. The number of carbonyl (C=O) groups is 4. The largest absolute Gasteiger partial charge is 0.453 e. The molecular weight excluding hydrogens is 813 g/mol. The van der Waals surface area contributed by atoms with Crippen LogP contribution in [0.4, 0.5) is 9.59 Å². The lowest BCUT2D eigenvalue weighted by Gasteiger charge is -2.30. The highest BCUT2D eigenvalue weighted by Crippen LogP contribution is 2.36.